The van der Waals surface area contributed by atoms with Crippen LogP contribution in [0.3, 0.4) is 0 Å². The van der Waals surface area contributed by atoms with E-state index in [2.05, 4.69) is 25.1 Å². The lowest BCUT2D eigenvalue weighted by Gasteiger charge is -2.22. The molecule has 2 nitrogen and oxygen atoms in total. The lowest BCUT2D eigenvalue weighted by molar-refractivity contribution is -0.120. The zero-order valence-electron chi connectivity index (χ0n) is 8.94. The van der Waals surface area contributed by atoms with Crippen molar-refractivity contribution in [2.45, 2.75) is 32.2 Å². The van der Waals surface area contributed by atoms with Crippen molar-refractivity contribution < 1.29 is 4.79 Å². The van der Waals surface area contributed by atoms with Gasteiger partial charge in [0.05, 0.1) is 0 Å². The number of carbonyl (C=O) groups excluding carboxylic acids is 1. The summed E-state index contributed by atoms with van der Waals surface area (Å²) in [6.45, 7) is 2.14. The summed E-state index contributed by atoms with van der Waals surface area (Å²) >= 11 is 0. The molecule has 1 aliphatic carbocycles. The van der Waals surface area contributed by atoms with Crippen molar-refractivity contribution in [1.29, 1.82) is 0 Å². The van der Waals surface area contributed by atoms with Crippen molar-refractivity contribution in [2.24, 2.45) is 5.92 Å². The van der Waals surface area contributed by atoms with E-state index in [4.69, 9.17) is 0 Å². The van der Waals surface area contributed by atoms with Gasteiger partial charge in [0.2, 0.25) is 5.91 Å². The summed E-state index contributed by atoms with van der Waals surface area (Å²) in [5.74, 6) is 0.658. The number of rotatable bonds is 1. The molecule has 0 radical (unpaired) electrons. The van der Waals surface area contributed by atoms with E-state index < -0.39 is 0 Å². The van der Waals surface area contributed by atoms with Gasteiger partial charge in [-0.2, -0.15) is 0 Å². The topological polar surface area (TPSA) is 20.3 Å². The van der Waals surface area contributed by atoms with Crippen LogP contribution in [0.25, 0.3) is 0 Å². The Morgan fingerprint density at radius 2 is 2.07 bits per heavy atom. The highest BCUT2D eigenvalue weighted by Gasteiger charge is 2.39. The van der Waals surface area contributed by atoms with E-state index in [-0.39, 0.29) is 0 Å². The van der Waals surface area contributed by atoms with Gasteiger partial charge in [0.1, 0.15) is 0 Å². The second-order valence-electron chi connectivity index (χ2n) is 4.66. The van der Waals surface area contributed by atoms with E-state index >= 15 is 0 Å². The normalized spacial score (nSPS) is 24.1. The highest BCUT2D eigenvalue weighted by Crippen LogP contribution is 2.38. The van der Waals surface area contributed by atoms with Crippen LogP contribution in [0.5, 0.6) is 0 Å². The lowest BCUT2D eigenvalue weighted by atomic mass is 10.1. The smallest absolute Gasteiger partial charge is 0.230 e. The minimum absolute atomic E-state index is 0.318. The molecule has 15 heavy (non-hydrogen) atoms. The molecular weight excluding hydrogens is 186 g/mol. The predicted molar refractivity (Wildman–Crippen MR) is 59.8 cm³/mol. The number of amides is 1. The number of hydrogen-bond acceptors (Lipinski definition) is 1. The van der Waals surface area contributed by atoms with Gasteiger partial charge in [-0.05, 0) is 37.8 Å². The monoisotopic (exact) mass is 201 g/mol. The van der Waals surface area contributed by atoms with Crippen molar-refractivity contribution in [3.05, 3.63) is 29.8 Å². The number of nitrogens with zero attached hydrogens (tertiary/aromatic N) is 1. The summed E-state index contributed by atoms with van der Waals surface area (Å²) in [7, 11) is 0. The van der Waals surface area contributed by atoms with Crippen LogP contribution in [-0.2, 0) is 11.2 Å². The van der Waals surface area contributed by atoms with Gasteiger partial charge >= 0.3 is 0 Å². The fourth-order valence-electron chi connectivity index (χ4n) is 2.43. The van der Waals surface area contributed by atoms with Gasteiger partial charge in [-0.3, -0.25) is 4.79 Å². The minimum atomic E-state index is 0.318. The molecule has 1 fully saturated rings. The highest BCUT2D eigenvalue weighted by molar-refractivity contribution is 5.98. The first kappa shape index (κ1) is 8.96. The van der Waals surface area contributed by atoms with Gasteiger partial charge in [-0.25, -0.2) is 0 Å². The van der Waals surface area contributed by atoms with Gasteiger partial charge in [0.15, 0.2) is 0 Å². The Hall–Kier alpha value is -1.31. The Morgan fingerprint density at radius 1 is 1.33 bits per heavy atom. The molecule has 2 aliphatic rings. The predicted octanol–water partition coefficient (Wildman–Crippen LogP) is 2.37. The summed E-state index contributed by atoms with van der Waals surface area (Å²) in [5.41, 5.74) is 2.46. The zero-order valence-corrected chi connectivity index (χ0v) is 8.94. The van der Waals surface area contributed by atoms with Crippen molar-refractivity contribution in [3.63, 3.8) is 0 Å². The number of carbonyl (C=O) groups is 1. The van der Waals surface area contributed by atoms with Gasteiger partial charge in [0, 0.05) is 17.6 Å². The largest absolute Gasteiger partial charge is 0.309 e. The molecule has 1 amide bonds. The summed E-state index contributed by atoms with van der Waals surface area (Å²) in [6.07, 6.45) is 3.18. The molecular formula is C13H15NO. The third-order valence-electron chi connectivity index (χ3n) is 3.37. The third kappa shape index (κ3) is 1.36. The van der Waals surface area contributed by atoms with Gasteiger partial charge in [0.25, 0.3) is 0 Å². The molecule has 1 saturated carbocycles. The Kier molecular flexibility index (Phi) is 1.84. The summed E-state index contributed by atoms with van der Waals surface area (Å²) < 4.78 is 0. The van der Waals surface area contributed by atoms with Crippen molar-refractivity contribution in [3.8, 4) is 0 Å². The first-order chi connectivity index (χ1) is 7.27. The van der Waals surface area contributed by atoms with E-state index in [1.807, 2.05) is 11.0 Å². The van der Waals surface area contributed by atoms with Crippen LogP contribution in [0.4, 0.5) is 5.69 Å². The van der Waals surface area contributed by atoms with Crippen LogP contribution >= 0.6 is 0 Å². The van der Waals surface area contributed by atoms with Gasteiger partial charge < -0.3 is 4.90 Å². The molecule has 0 saturated heterocycles. The Morgan fingerprint density at radius 3 is 2.80 bits per heavy atom. The highest BCUT2D eigenvalue weighted by atomic mass is 16.2. The Balaban J connectivity index is 1.97. The molecule has 1 aromatic rings. The number of fused-ring (bicyclic) bond motifs is 1. The maximum Gasteiger partial charge on any atom is 0.230 e. The van der Waals surface area contributed by atoms with Crippen LogP contribution < -0.4 is 4.90 Å². The molecule has 78 valence electrons. The average Bonchev–Trinajstić information content (AvgIpc) is 3.00. The first-order valence-electron chi connectivity index (χ1n) is 5.68. The molecule has 0 N–H and O–H groups in total. The molecule has 2 heteroatoms. The average molecular weight is 201 g/mol. The van der Waals surface area contributed by atoms with E-state index in [0.717, 1.165) is 24.9 Å². The number of para-hydroxylation sites is 1. The fraction of sp³-hybridized carbons (Fsp3) is 0.462. The molecule has 0 aromatic heterocycles. The Labute approximate surface area is 89.9 Å². The van der Waals surface area contributed by atoms with E-state index in [1.54, 1.807) is 0 Å². The number of benzene rings is 1. The van der Waals surface area contributed by atoms with Crippen molar-refractivity contribution >= 4 is 11.6 Å². The van der Waals surface area contributed by atoms with Gasteiger partial charge in [-0.15, -0.1) is 0 Å². The number of hydrogen-bond donors (Lipinski definition) is 0. The van der Waals surface area contributed by atoms with Crippen molar-refractivity contribution in [2.75, 3.05) is 4.90 Å². The second kappa shape index (κ2) is 3.09. The maximum absolute atomic E-state index is 12.1. The minimum Gasteiger partial charge on any atom is -0.309 e. The van der Waals surface area contributed by atoms with Crippen LogP contribution in [0, 0.1) is 5.92 Å². The summed E-state index contributed by atoms with van der Waals surface area (Å²) in [5, 5.41) is 0. The SMILES string of the molecule is CC1Cc2ccccc2N1C(=O)C1CC1. The Bertz CT molecular complexity index is 409. The van der Waals surface area contributed by atoms with Crippen molar-refractivity contribution in [1.82, 2.24) is 0 Å². The molecule has 1 unspecified atom stereocenters. The third-order valence-corrected chi connectivity index (χ3v) is 3.37. The molecule has 0 spiro atoms. The summed E-state index contributed by atoms with van der Waals surface area (Å²) in [4.78, 5) is 14.1. The molecule has 0 bridgehead atoms. The van der Waals surface area contributed by atoms with Crippen LogP contribution in [0.15, 0.2) is 24.3 Å². The molecule has 1 heterocycles. The fourth-order valence-corrected chi connectivity index (χ4v) is 2.43. The lowest BCUT2D eigenvalue weighted by Crippen LogP contribution is -2.36. The van der Waals surface area contributed by atoms with Crippen LogP contribution in [0.2, 0.25) is 0 Å². The maximum atomic E-state index is 12.1. The standard InChI is InChI=1S/C13H15NO/c1-9-8-11-4-2-3-5-12(11)14(9)13(15)10-6-7-10/h2-5,9-10H,6-8H2,1H3. The number of anilines is 1. The first-order valence-corrected chi connectivity index (χ1v) is 5.68. The van der Waals surface area contributed by atoms with E-state index in [9.17, 15) is 4.79 Å². The quantitative estimate of drug-likeness (QED) is 0.683. The molecule has 1 aromatic carbocycles. The summed E-state index contributed by atoms with van der Waals surface area (Å²) in [6, 6.07) is 8.61. The second-order valence-corrected chi connectivity index (χ2v) is 4.66. The van der Waals surface area contributed by atoms with E-state index in [1.165, 1.54) is 5.56 Å². The molecule has 1 aliphatic heterocycles. The van der Waals surface area contributed by atoms with Crippen LogP contribution in [-0.4, -0.2) is 11.9 Å². The van der Waals surface area contributed by atoms with Gasteiger partial charge in [-0.1, -0.05) is 18.2 Å². The molecule has 3 rings (SSSR count). The van der Waals surface area contributed by atoms with Crippen LogP contribution in [0.1, 0.15) is 25.3 Å². The molecule has 1 atom stereocenters. The van der Waals surface area contributed by atoms with E-state index in [0.29, 0.717) is 17.9 Å². The zero-order chi connectivity index (χ0) is 10.4.